The molecule has 1 aromatic heterocycles. The fourth-order valence-corrected chi connectivity index (χ4v) is 1.54. The number of aromatic nitrogens is 1. The molecule has 1 rings (SSSR count). The molecular formula is C11H15NO2S. The van der Waals surface area contributed by atoms with E-state index in [1.54, 1.807) is 12.4 Å². The van der Waals surface area contributed by atoms with E-state index >= 15 is 0 Å². The molecule has 0 aromatic carbocycles. The van der Waals surface area contributed by atoms with Crippen molar-refractivity contribution in [3.63, 3.8) is 0 Å². The molecule has 0 aliphatic heterocycles. The fraction of sp³-hybridized carbons (Fsp3) is 0.455. The van der Waals surface area contributed by atoms with Gasteiger partial charge in [-0.05, 0) is 42.3 Å². The molecule has 4 heteroatoms. The van der Waals surface area contributed by atoms with Crippen LogP contribution in [0.3, 0.4) is 0 Å². The molecule has 0 saturated heterocycles. The minimum atomic E-state index is -0.174. The third kappa shape index (κ3) is 5.42. The van der Waals surface area contributed by atoms with Crippen molar-refractivity contribution in [1.29, 1.82) is 0 Å². The summed E-state index contributed by atoms with van der Waals surface area (Å²) in [4.78, 5) is 14.9. The van der Waals surface area contributed by atoms with Gasteiger partial charge < -0.3 is 4.74 Å². The van der Waals surface area contributed by atoms with Gasteiger partial charge in [-0.15, -0.1) is 0 Å². The maximum Gasteiger partial charge on any atom is 0.367 e. The number of hydrogen-bond donors (Lipinski definition) is 0. The molecule has 0 saturated carbocycles. The number of thioether (sulfide) groups is 1. The summed E-state index contributed by atoms with van der Waals surface area (Å²) in [5.74, 6) is 0.767. The molecule has 0 amide bonds. The van der Waals surface area contributed by atoms with Crippen LogP contribution in [0.2, 0.25) is 0 Å². The average molecular weight is 225 g/mol. The van der Waals surface area contributed by atoms with Crippen LogP contribution in [0.15, 0.2) is 24.5 Å². The van der Waals surface area contributed by atoms with Gasteiger partial charge in [0.15, 0.2) is 0 Å². The SMILES string of the molecule is CCSC(=O)OCCCc1ccncc1. The molecule has 1 heterocycles. The predicted molar refractivity (Wildman–Crippen MR) is 62.0 cm³/mol. The van der Waals surface area contributed by atoms with Crippen LogP contribution >= 0.6 is 11.8 Å². The molecular weight excluding hydrogens is 210 g/mol. The molecule has 0 radical (unpaired) electrons. The third-order valence-electron chi connectivity index (χ3n) is 1.84. The van der Waals surface area contributed by atoms with Gasteiger partial charge in [-0.2, -0.15) is 0 Å². The van der Waals surface area contributed by atoms with Crippen molar-refractivity contribution in [1.82, 2.24) is 4.98 Å². The molecule has 0 unspecified atom stereocenters. The highest BCUT2D eigenvalue weighted by Crippen LogP contribution is 2.06. The van der Waals surface area contributed by atoms with Crippen molar-refractivity contribution >= 4 is 17.1 Å². The lowest BCUT2D eigenvalue weighted by atomic mass is 10.1. The van der Waals surface area contributed by atoms with Crippen molar-refractivity contribution in [2.75, 3.05) is 12.4 Å². The van der Waals surface area contributed by atoms with Crippen LogP contribution in [-0.2, 0) is 11.2 Å². The molecule has 0 spiro atoms. The average Bonchev–Trinajstić information content (AvgIpc) is 2.26. The summed E-state index contributed by atoms with van der Waals surface area (Å²) in [6.45, 7) is 2.43. The first-order chi connectivity index (χ1) is 7.33. The van der Waals surface area contributed by atoms with E-state index in [2.05, 4.69) is 4.98 Å². The predicted octanol–water partition coefficient (Wildman–Crippen LogP) is 2.90. The van der Waals surface area contributed by atoms with E-state index in [4.69, 9.17) is 4.74 Å². The molecule has 1 aromatic rings. The van der Waals surface area contributed by atoms with E-state index in [-0.39, 0.29) is 5.30 Å². The second-order valence-corrected chi connectivity index (χ2v) is 4.19. The minimum absolute atomic E-state index is 0.174. The highest BCUT2D eigenvalue weighted by molar-refractivity contribution is 8.13. The number of aryl methyl sites for hydroxylation is 1. The van der Waals surface area contributed by atoms with Crippen molar-refractivity contribution in [2.45, 2.75) is 19.8 Å². The second-order valence-electron chi connectivity index (χ2n) is 2.99. The summed E-state index contributed by atoms with van der Waals surface area (Å²) >= 11 is 1.21. The molecule has 0 bridgehead atoms. The summed E-state index contributed by atoms with van der Waals surface area (Å²) in [7, 11) is 0. The number of nitrogens with zero attached hydrogens (tertiary/aromatic N) is 1. The van der Waals surface area contributed by atoms with Crippen LogP contribution in [0.25, 0.3) is 0 Å². The van der Waals surface area contributed by atoms with E-state index in [9.17, 15) is 4.79 Å². The molecule has 0 atom stereocenters. The zero-order chi connectivity index (χ0) is 10.9. The summed E-state index contributed by atoms with van der Waals surface area (Å²) in [6.07, 6.45) is 5.33. The monoisotopic (exact) mass is 225 g/mol. The first-order valence-electron chi connectivity index (χ1n) is 5.01. The first kappa shape index (κ1) is 12.0. The number of ether oxygens (including phenoxy) is 1. The first-order valence-corrected chi connectivity index (χ1v) is 6.00. The summed E-state index contributed by atoms with van der Waals surface area (Å²) in [5, 5.41) is -0.174. The fourth-order valence-electron chi connectivity index (χ4n) is 1.14. The molecule has 0 N–H and O–H groups in total. The topological polar surface area (TPSA) is 39.2 Å². The standard InChI is InChI=1S/C11H15NO2S/c1-2-15-11(13)14-9-3-4-10-5-7-12-8-6-10/h5-8H,2-4,9H2,1H3. The molecule has 82 valence electrons. The van der Waals surface area contributed by atoms with Crippen molar-refractivity contribution < 1.29 is 9.53 Å². The Morgan fingerprint density at radius 1 is 1.47 bits per heavy atom. The van der Waals surface area contributed by atoms with E-state index in [0.717, 1.165) is 18.6 Å². The van der Waals surface area contributed by atoms with E-state index in [1.807, 2.05) is 19.1 Å². The van der Waals surface area contributed by atoms with Crippen LogP contribution in [0.1, 0.15) is 18.9 Å². The Bertz CT molecular complexity index is 290. The Kier molecular flexibility index (Phi) is 5.85. The van der Waals surface area contributed by atoms with Crippen LogP contribution < -0.4 is 0 Å². The van der Waals surface area contributed by atoms with Gasteiger partial charge in [0.05, 0.1) is 6.61 Å². The van der Waals surface area contributed by atoms with Crippen LogP contribution in [-0.4, -0.2) is 22.6 Å². The van der Waals surface area contributed by atoms with Gasteiger partial charge in [0.25, 0.3) is 0 Å². The van der Waals surface area contributed by atoms with Gasteiger partial charge in [-0.1, -0.05) is 6.92 Å². The maximum atomic E-state index is 11.0. The van der Waals surface area contributed by atoms with Crippen LogP contribution in [0.4, 0.5) is 4.79 Å². The van der Waals surface area contributed by atoms with Gasteiger partial charge >= 0.3 is 5.30 Å². The zero-order valence-electron chi connectivity index (χ0n) is 8.81. The number of rotatable bonds is 5. The highest BCUT2D eigenvalue weighted by Gasteiger charge is 2.00. The lowest BCUT2D eigenvalue weighted by Gasteiger charge is -2.03. The van der Waals surface area contributed by atoms with Gasteiger partial charge in [-0.25, -0.2) is 4.79 Å². The summed E-state index contributed by atoms with van der Waals surface area (Å²) in [5.41, 5.74) is 1.23. The number of hydrogen-bond acceptors (Lipinski definition) is 4. The lowest BCUT2D eigenvalue weighted by Crippen LogP contribution is -2.01. The summed E-state index contributed by atoms with van der Waals surface area (Å²) in [6, 6.07) is 3.95. The van der Waals surface area contributed by atoms with E-state index in [1.165, 1.54) is 17.3 Å². The maximum absolute atomic E-state index is 11.0. The molecule has 3 nitrogen and oxygen atoms in total. The smallest absolute Gasteiger partial charge is 0.367 e. The van der Waals surface area contributed by atoms with Gasteiger partial charge in [0.1, 0.15) is 0 Å². The van der Waals surface area contributed by atoms with E-state index < -0.39 is 0 Å². The normalized spacial score (nSPS) is 9.93. The molecule has 15 heavy (non-hydrogen) atoms. The Labute approximate surface area is 94.2 Å². The number of carbonyl (C=O) groups is 1. The van der Waals surface area contributed by atoms with Gasteiger partial charge in [0, 0.05) is 18.1 Å². The Hall–Kier alpha value is -1.03. The van der Waals surface area contributed by atoms with Crippen molar-refractivity contribution in [2.24, 2.45) is 0 Å². The summed E-state index contributed by atoms with van der Waals surface area (Å²) < 4.78 is 5.01. The van der Waals surface area contributed by atoms with Gasteiger partial charge in [-0.3, -0.25) is 4.98 Å². The third-order valence-corrected chi connectivity index (χ3v) is 2.48. The van der Waals surface area contributed by atoms with Gasteiger partial charge in [0.2, 0.25) is 0 Å². The zero-order valence-corrected chi connectivity index (χ0v) is 9.63. The largest absolute Gasteiger partial charge is 0.458 e. The van der Waals surface area contributed by atoms with Crippen LogP contribution in [0, 0.1) is 0 Å². The Morgan fingerprint density at radius 2 is 2.20 bits per heavy atom. The second kappa shape index (κ2) is 7.29. The van der Waals surface area contributed by atoms with Crippen molar-refractivity contribution in [3.05, 3.63) is 30.1 Å². The highest BCUT2D eigenvalue weighted by atomic mass is 32.2. The number of pyridine rings is 1. The minimum Gasteiger partial charge on any atom is -0.458 e. The lowest BCUT2D eigenvalue weighted by molar-refractivity contribution is 0.173. The Morgan fingerprint density at radius 3 is 2.87 bits per heavy atom. The quantitative estimate of drug-likeness (QED) is 0.570. The van der Waals surface area contributed by atoms with Crippen LogP contribution in [0.5, 0.6) is 0 Å². The van der Waals surface area contributed by atoms with Crippen molar-refractivity contribution in [3.8, 4) is 0 Å². The molecule has 0 aliphatic rings. The van der Waals surface area contributed by atoms with E-state index in [0.29, 0.717) is 6.61 Å². The number of carbonyl (C=O) groups excluding carboxylic acids is 1. The molecule has 0 aliphatic carbocycles. The Balaban J connectivity index is 2.10. The molecule has 0 fully saturated rings.